The van der Waals surface area contributed by atoms with Crippen molar-refractivity contribution in [2.45, 2.75) is 63.9 Å². The molecular weight excluding hydrogens is 328 g/mol. The summed E-state index contributed by atoms with van der Waals surface area (Å²) in [7, 11) is 1.67. The quantitative estimate of drug-likeness (QED) is 0.754. The van der Waals surface area contributed by atoms with Crippen LogP contribution in [0.2, 0.25) is 0 Å². The molecule has 0 aromatic carbocycles. The van der Waals surface area contributed by atoms with Gasteiger partial charge in [-0.05, 0) is 80.5 Å². The standard InChI is InChI=1S/C22H34O4/c1-21-9-7-16-15-8-10-22(25,13-26-2)11-14(15)3-4-17(16)18(21)5-6-19(21)20(24)12-23/h3,15-19,23,25H,4-13H2,1-2H3. The first-order chi connectivity index (χ1) is 12.4. The summed E-state index contributed by atoms with van der Waals surface area (Å²) < 4.78 is 5.26. The second-order valence-corrected chi connectivity index (χ2v) is 9.73. The van der Waals surface area contributed by atoms with Crippen molar-refractivity contribution in [3.8, 4) is 0 Å². The average molecular weight is 363 g/mol. The minimum Gasteiger partial charge on any atom is -0.389 e. The number of ketones is 1. The number of rotatable bonds is 4. The molecule has 4 rings (SSSR count). The van der Waals surface area contributed by atoms with E-state index in [-0.39, 0.29) is 23.7 Å². The zero-order valence-electron chi connectivity index (χ0n) is 16.2. The second-order valence-electron chi connectivity index (χ2n) is 9.73. The summed E-state index contributed by atoms with van der Waals surface area (Å²) in [4.78, 5) is 12.3. The number of hydrogen-bond donors (Lipinski definition) is 2. The van der Waals surface area contributed by atoms with E-state index in [0.717, 1.165) is 44.9 Å². The minimum atomic E-state index is -0.681. The molecule has 4 aliphatic carbocycles. The predicted octanol–water partition coefficient (Wildman–Crippen LogP) is 3.11. The molecule has 0 amide bonds. The van der Waals surface area contributed by atoms with Crippen LogP contribution >= 0.6 is 0 Å². The van der Waals surface area contributed by atoms with Crippen molar-refractivity contribution in [2.75, 3.05) is 20.3 Å². The lowest BCUT2D eigenvalue weighted by atomic mass is 9.51. The molecule has 0 bridgehead atoms. The lowest BCUT2D eigenvalue weighted by Crippen LogP contribution is -2.49. The highest BCUT2D eigenvalue weighted by Crippen LogP contribution is 2.63. The number of fused-ring (bicyclic) bond motifs is 5. The second kappa shape index (κ2) is 6.72. The van der Waals surface area contributed by atoms with Crippen molar-refractivity contribution in [1.82, 2.24) is 0 Å². The van der Waals surface area contributed by atoms with Crippen molar-refractivity contribution in [1.29, 1.82) is 0 Å². The monoisotopic (exact) mass is 362 g/mol. The highest BCUT2D eigenvalue weighted by molar-refractivity contribution is 5.83. The van der Waals surface area contributed by atoms with Crippen molar-refractivity contribution >= 4 is 5.78 Å². The first-order valence-electron chi connectivity index (χ1n) is 10.5. The van der Waals surface area contributed by atoms with Gasteiger partial charge < -0.3 is 14.9 Å². The van der Waals surface area contributed by atoms with Crippen molar-refractivity contribution in [2.24, 2.45) is 35.0 Å². The van der Waals surface area contributed by atoms with E-state index in [0.29, 0.717) is 30.3 Å². The Bertz CT molecular complexity index is 599. The molecule has 0 heterocycles. The van der Waals surface area contributed by atoms with E-state index in [2.05, 4.69) is 13.0 Å². The Balaban J connectivity index is 1.55. The van der Waals surface area contributed by atoms with Crippen LogP contribution in [-0.4, -0.2) is 41.9 Å². The lowest BCUT2D eigenvalue weighted by molar-refractivity contribution is -0.132. The fourth-order valence-electron chi connectivity index (χ4n) is 7.40. The van der Waals surface area contributed by atoms with E-state index in [4.69, 9.17) is 4.74 Å². The van der Waals surface area contributed by atoms with E-state index >= 15 is 0 Å². The van der Waals surface area contributed by atoms with Gasteiger partial charge in [0.05, 0.1) is 12.2 Å². The normalized spacial score (nSPS) is 47.5. The number of carbonyl (C=O) groups excluding carboxylic acids is 1. The molecular formula is C22H34O4. The first-order valence-corrected chi connectivity index (χ1v) is 10.5. The van der Waals surface area contributed by atoms with Gasteiger partial charge in [0.25, 0.3) is 0 Å². The maximum Gasteiger partial charge on any atom is 0.161 e. The molecule has 7 atom stereocenters. The van der Waals surface area contributed by atoms with E-state index in [9.17, 15) is 15.0 Å². The van der Waals surface area contributed by atoms with Crippen LogP contribution in [0.25, 0.3) is 0 Å². The first kappa shape index (κ1) is 18.6. The third-order valence-corrected chi connectivity index (χ3v) is 8.55. The van der Waals surface area contributed by atoms with Crippen LogP contribution in [0.4, 0.5) is 0 Å². The third kappa shape index (κ3) is 2.80. The van der Waals surface area contributed by atoms with Crippen LogP contribution in [0.15, 0.2) is 11.6 Å². The number of methoxy groups -OCH3 is 1. The number of hydrogen-bond acceptors (Lipinski definition) is 4. The van der Waals surface area contributed by atoms with Crippen molar-refractivity contribution < 1.29 is 19.7 Å². The molecule has 146 valence electrons. The van der Waals surface area contributed by atoms with Gasteiger partial charge in [-0.25, -0.2) is 0 Å². The fourth-order valence-corrected chi connectivity index (χ4v) is 7.40. The highest BCUT2D eigenvalue weighted by Gasteiger charge is 2.57. The molecule has 0 saturated heterocycles. The topological polar surface area (TPSA) is 66.8 Å². The number of allylic oxidation sites excluding steroid dienone is 1. The van der Waals surface area contributed by atoms with Crippen LogP contribution in [0.1, 0.15) is 58.3 Å². The molecule has 4 nitrogen and oxygen atoms in total. The molecule has 0 aromatic rings. The number of Topliss-reactive ketones (excluding diaryl/α,β-unsaturated/α-hetero) is 1. The summed E-state index contributed by atoms with van der Waals surface area (Å²) >= 11 is 0. The number of aliphatic hydroxyl groups is 2. The number of ether oxygens (including phenoxy) is 1. The average Bonchev–Trinajstić information content (AvgIpc) is 2.98. The molecule has 7 unspecified atom stereocenters. The summed E-state index contributed by atoms with van der Waals surface area (Å²) in [5.74, 6) is 2.72. The molecule has 0 aliphatic heterocycles. The Morgan fingerprint density at radius 2 is 2.04 bits per heavy atom. The summed E-state index contributed by atoms with van der Waals surface area (Å²) in [6, 6.07) is 0. The van der Waals surface area contributed by atoms with Crippen molar-refractivity contribution in [3.05, 3.63) is 11.6 Å². The highest BCUT2D eigenvalue weighted by atomic mass is 16.5. The molecule has 0 aromatic heterocycles. The van der Waals surface area contributed by atoms with Gasteiger partial charge in [-0.1, -0.05) is 18.6 Å². The van der Waals surface area contributed by atoms with Gasteiger partial charge in [0.15, 0.2) is 5.78 Å². The Hall–Kier alpha value is -0.710. The molecule has 26 heavy (non-hydrogen) atoms. The largest absolute Gasteiger partial charge is 0.389 e. The van der Waals surface area contributed by atoms with Gasteiger partial charge in [0.2, 0.25) is 0 Å². The van der Waals surface area contributed by atoms with E-state index in [1.54, 1.807) is 7.11 Å². The predicted molar refractivity (Wildman–Crippen MR) is 99.5 cm³/mol. The van der Waals surface area contributed by atoms with Gasteiger partial charge in [0.1, 0.15) is 6.61 Å². The molecule has 3 saturated carbocycles. The number of carbonyl (C=O) groups is 1. The summed E-state index contributed by atoms with van der Waals surface area (Å²) in [6.07, 6.45) is 10.6. The molecule has 3 fully saturated rings. The maximum absolute atomic E-state index is 12.3. The number of aliphatic hydroxyl groups excluding tert-OH is 1. The molecule has 4 aliphatic rings. The van der Waals surface area contributed by atoms with Crippen LogP contribution < -0.4 is 0 Å². The third-order valence-electron chi connectivity index (χ3n) is 8.55. The Morgan fingerprint density at radius 1 is 1.23 bits per heavy atom. The van der Waals surface area contributed by atoms with Gasteiger partial charge in [-0.3, -0.25) is 4.79 Å². The minimum absolute atomic E-state index is 0.0574. The van der Waals surface area contributed by atoms with Gasteiger partial charge in [0, 0.05) is 13.0 Å². The zero-order valence-corrected chi connectivity index (χ0v) is 16.2. The van der Waals surface area contributed by atoms with E-state index in [1.807, 2.05) is 0 Å². The molecule has 0 radical (unpaired) electrons. The summed E-state index contributed by atoms with van der Waals surface area (Å²) in [5, 5.41) is 20.2. The zero-order chi connectivity index (χ0) is 18.5. The Kier molecular flexibility index (Phi) is 4.82. The Morgan fingerprint density at radius 3 is 2.77 bits per heavy atom. The van der Waals surface area contributed by atoms with Crippen LogP contribution in [0, 0.1) is 35.0 Å². The molecule has 2 N–H and O–H groups in total. The van der Waals surface area contributed by atoms with E-state index in [1.165, 1.54) is 12.0 Å². The van der Waals surface area contributed by atoms with Crippen molar-refractivity contribution in [3.63, 3.8) is 0 Å². The molecule has 0 spiro atoms. The van der Waals surface area contributed by atoms with Crippen LogP contribution in [-0.2, 0) is 9.53 Å². The van der Waals surface area contributed by atoms with Gasteiger partial charge in [-0.2, -0.15) is 0 Å². The summed E-state index contributed by atoms with van der Waals surface area (Å²) in [6.45, 7) is 2.44. The maximum atomic E-state index is 12.3. The van der Waals surface area contributed by atoms with Crippen LogP contribution in [0.5, 0.6) is 0 Å². The molecule has 4 heteroatoms. The fraction of sp³-hybridized carbons (Fsp3) is 0.864. The van der Waals surface area contributed by atoms with E-state index < -0.39 is 5.60 Å². The van der Waals surface area contributed by atoms with Gasteiger partial charge >= 0.3 is 0 Å². The summed E-state index contributed by atoms with van der Waals surface area (Å²) in [5.41, 5.74) is 0.860. The Labute approximate surface area is 157 Å². The SMILES string of the molecule is COCC1(O)CCC2C(=CCC3C2CCC2(C)C(C(=O)CO)CCC32)C1. The smallest absolute Gasteiger partial charge is 0.161 e. The lowest BCUT2D eigenvalue weighted by Gasteiger charge is -2.54. The van der Waals surface area contributed by atoms with Crippen LogP contribution in [0.3, 0.4) is 0 Å². The van der Waals surface area contributed by atoms with Gasteiger partial charge in [-0.15, -0.1) is 0 Å².